The van der Waals surface area contributed by atoms with Crippen LogP contribution in [-0.2, 0) is 17.1 Å². The first kappa shape index (κ1) is 14.4. The minimum Gasteiger partial charge on any atom is -0.314 e. The average Bonchev–Trinajstić information content (AvgIpc) is 2.84. The Hall–Kier alpha value is -0.960. The van der Waals surface area contributed by atoms with Gasteiger partial charge >= 0.3 is 0 Å². The molecular formula is C11H21N5O2S. The highest BCUT2D eigenvalue weighted by Gasteiger charge is 2.22. The van der Waals surface area contributed by atoms with Crippen LogP contribution in [0.5, 0.6) is 0 Å². The Kier molecular flexibility index (Phi) is 4.56. The van der Waals surface area contributed by atoms with Crippen LogP contribution in [0.3, 0.4) is 0 Å². The van der Waals surface area contributed by atoms with E-state index in [2.05, 4.69) is 15.3 Å². The quantitative estimate of drug-likeness (QED) is 0.748. The summed E-state index contributed by atoms with van der Waals surface area (Å²) >= 11 is 0. The maximum Gasteiger partial charge on any atom is 0.245 e. The molecule has 0 saturated carbocycles. The Bertz CT molecular complexity index is 507. The Morgan fingerprint density at radius 1 is 1.42 bits per heavy atom. The van der Waals surface area contributed by atoms with Gasteiger partial charge in [0.2, 0.25) is 10.0 Å². The topological polar surface area (TPSA) is 70.5 Å². The van der Waals surface area contributed by atoms with Crippen molar-refractivity contribution in [2.75, 3.05) is 46.3 Å². The predicted octanol–water partition coefficient (Wildman–Crippen LogP) is -1.05. The van der Waals surface area contributed by atoms with Crippen LogP contribution in [0, 0.1) is 0 Å². The molecule has 1 aliphatic rings. The van der Waals surface area contributed by atoms with E-state index in [-0.39, 0.29) is 4.90 Å². The molecule has 0 radical (unpaired) electrons. The van der Waals surface area contributed by atoms with Crippen LogP contribution in [0.15, 0.2) is 17.3 Å². The molecule has 8 heteroatoms. The summed E-state index contributed by atoms with van der Waals surface area (Å²) in [7, 11) is -0.0876. The van der Waals surface area contributed by atoms with Crippen LogP contribution in [0.4, 0.5) is 0 Å². The first-order chi connectivity index (χ1) is 9.00. The normalized spacial score (nSPS) is 18.1. The van der Waals surface area contributed by atoms with Crippen LogP contribution >= 0.6 is 0 Å². The number of piperazine rings is 1. The van der Waals surface area contributed by atoms with Crippen LogP contribution in [0.2, 0.25) is 0 Å². The number of likely N-dealkylation sites (N-methyl/N-ethyl adjacent to an activating group) is 1. The molecule has 1 N–H and O–H groups in total. The van der Waals surface area contributed by atoms with Crippen molar-refractivity contribution < 1.29 is 8.42 Å². The minimum absolute atomic E-state index is 0.248. The monoisotopic (exact) mass is 287 g/mol. The molecule has 108 valence electrons. The maximum absolute atomic E-state index is 12.3. The lowest BCUT2D eigenvalue weighted by molar-refractivity contribution is 0.229. The van der Waals surface area contributed by atoms with Crippen LogP contribution < -0.4 is 5.32 Å². The Morgan fingerprint density at radius 2 is 2.11 bits per heavy atom. The molecule has 19 heavy (non-hydrogen) atoms. The third-order valence-electron chi connectivity index (χ3n) is 3.33. The number of hydrogen-bond donors (Lipinski definition) is 1. The summed E-state index contributed by atoms with van der Waals surface area (Å²) in [5.41, 5.74) is 0. The van der Waals surface area contributed by atoms with Crippen molar-refractivity contribution in [1.29, 1.82) is 0 Å². The molecule has 1 saturated heterocycles. The highest BCUT2D eigenvalue weighted by atomic mass is 32.2. The van der Waals surface area contributed by atoms with Gasteiger partial charge in [-0.05, 0) is 0 Å². The van der Waals surface area contributed by atoms with Gasteiger partial charge in [-0.2, -0.15) is 9.40 Å². The summed E-state index contributed by atoms with van der Waals surface area (Å²) in [5, 5.41) is 7.18. The number of aryl methyl sites for hydroxylation is 1. The molecule has 0 amide bonds. The van der Waals surface area contributed by atoms with Gasteiger partial charge in [-0.25, -0.2) is 8.42 Å². The van der Waals surface area contributed by atoms with Gasteiger partial charge in [0.25, 0.3) is 0 Å². The van der Waals surface area contributed by atoms with Crippen LogP contribution in [-0.4, -0.2) is 73.7 Å². The van der Waals surface area contributed by atoms with Crippen molar-refractivity contribution in [2.45, 2.75) is 4.90 Å². The van der Waals surface area contributed by atoms with Crippen molar-refractivity contribution >= 4 is 10.0 Å². The molecule has 1 aromatic heterocycles. The van der Waals surface area contributed by atoms with Crippen molar-refractivity contribution in [3.63, 3.8) is 0 Å². The molecule has 0 atom stereocenters. The second-order valence-electron chi connectivity index (χ2n) is 4.77. The van der Waals surface area contributed by atoms with E-state index in [1.165, 1.54) is 21.4 Å². The molecule has 1 fully saturated rings. The standard InChI is InChI=1S/C11H21N5O2S/c1-14-10-11(9-13-14)19(17,18)15(2)7-8-16-5-3-12-4-6-16/h9-10,12H,3-8H2,1-2H3. The first-order valence-corrected chi connectivity index (χ1v) is 7.82. The zero-order valence-electron chi connectivity index (χ0n) is 11.4. The van der Waals surface area contributed by atoms with Crippen LogP contribution in [0.25, 0.3) is 0 Å². The average molecular weight is 287 g/mol. The van der Waals surface area contributed by atoms with E-state index in [1.54, 1.807) is 14.1 Å². The minimum atomic E-state index is -3.41. The molecule has 1 aromatic rings. The lowest BCUT2D eigenvalue weighted by Gasteiger charge is -2.28. The smallest absolute Gasteiger partial charge is 0.245 e. The SMILES string of the molecule is CN(CCN1CCNCC1)S(=O)(=O)c1cnn(C)c1. The fourth-order valence-electron chi connectivity index (χ4n) is 2.05. The fourth-order valence-corrected chi connectivity index (χ4v) is 3.20. The van der Waals surface area contributed by atoms with E-state index >= 15 is 0 Å². The predicted molar refractivity (Wildman–Crippen MR) is 72.3 cm³/mol. The second-order valence-corrected chi connectivity index (χ2v) is 6.81. The number of sulfonamides is 1. The summed E-state index contributed by atoms with van der Waals surface area (Å²) in [6, 6.07) is 0. The Labute approximate surface area is 114 Å². The lowest BCUT2D eigenvalue weighted by Crippen LogP contribution is -2.46. The molecule has 0 bridgehead atoms. The van der Waals surface area contributed by atoms with Gasteiger partial charge in [-0.15, -0.1) is 0 Å². The van der Waals surface area contributed by atoms with Crippen molar-refractivity contribution in [3.8, 4) is 0 Å². The van der Waals surface area contributed by atoms with E-state index in [0.717, 1.165) is 32.7 Å². The summed E-state index contributed by atoms with van der Waals surface area (Å²) in [4.78, 5) is 2.52. The Morgan fingerprint density at radius 3 is 2.68 bits per heavy atom. The molecular weight excluding hydrogens is 266 g/mol. The van der Waals surface area contributed by atoms with Crippen LogP contribution in [0.1, 0.15) is 0 Å². The van der Waals surface area contributed by atoms with Gasteiger partial charge in [-0.3, -0.25) is 9.58 Å². The zero-order valence-corrected chi connectivity index (χ0v) is 12.2. The molecule has 2 heterocycles. The third kappa shape index (κ3) is 3.53. The third-order valence-corrected chi connectivity index (χ3v) is 5.14. The molecule has 0 aliphatic carbocycles. The molecule has 2 rings (SSSR count). The molecule has 0 unspecified atom stereocenters. The van der Waals surface area contributed by atoms with E-state index in [1.807, 2.05) is 0 Å². The van der Waals surface area contributed by atoms with Gasteiger partial charge in [0, 0.05) is 59.6 Å². The highest BCUT2D eigenvalue weighted by molar-refractivity contribution is 7.89. The summed E-state index contributed by atoms with van der Waals surface area (Å²) in [5.74, 6) is 0. The van der Waals surface area contributed by atoms with Gasteiger partial charge in [0.15, 0.2) is 0 Å². The van der Waals surface area contributed by atoms with Gasteiger partial charge in [0.05, 0.1) is 6.20 Å². The zero-order chi connectivity index (χ0) is 13.9. The lowest BCUT2D eigenvalue weighted by atomic mass is 10.3. The number of hydrogen-bond acceptors (Lipinski definition) is 5. The number of aromatic nitrogens is 2. The maximum atomic E-state index is 12.3. The van der Waals surface area contributed by atoms with E-state index in [9.17, 15) is 8.42 Å². The van der Waals surface area contributed by atoms with E-state index in [4.69, 9.17) is 0 Å². The Balaban J connectivity index is 1.93. The van der Waals surface area contributed by atoms with Gasteiger partial charge in [0.1, 0.15) is 4.90 Å². The number of nitrogens with zero attached hydrogens (tertiary/aromatic N) is 4. The summed E-state index contributed by atoms with van der Waals surface area (Å²) in [6.07, 6.45) is 2.91. The summed E-state index contributed by atoms with van der Waals surface area (Å²) < 4.78 is 27.4. The fraction of sp³-hybridized carbons (Fsp3) is 0.727. The molecule has 0 aromatic carbocycles. The first-order valence-electron chi connectivity index (χ1n) is 6.38. The van der Waals surface area contributed by atoms with Crippen molar-refractivity contribution in [3.05, 3.63) is 12.4 Å². The van der Waals surface area contributed by atoms with Gasteiger partial charge in [-0.1, -0.05) is 0 Å². The molecule has 7 nitrogen and oxygen atoms in total. The number of nitrogens with one attached hydrogen (secondary N) is 1. The molecule has 1 aliphatic heterocycles. The second kappa shape index (κ2) is 6.00. The largest absolute Gasteiger partial charge is 0.314 e. The van der Waals surface area contributed by atoms with Gasteiger partial charge < -0.3 is 5.32 Å². The number of rotatable bonds is 5. The van der Waals surface area contributed by atoms with Crippen molar-refractivity contribution in [1.82, 2.24) is 24.3 Å². The molecule has 0 spiro atoms. The van der Waals surface area contributed by atoms with Crippen molar-refractivity contribution in [2.24, 2.45) is 7.05 Å². The summed E-state index contributed by atoms with van der Waals surface area (Å²) in [6.45, 7) is 5.15. The highest BCUT2D eigenvalue weighted by Crippen LogP contribution is 2.12. The van der Waals surface area contributed by atoms with E-state index in [0.29, 0.717) is 6.54 Å². The van der Waals surface area contributed by atoms with E-state index < -0.39 is 10.0 Å².